The number of hydrogen-bond acceptors (Lipinski definition) is 2. The predicted molar refractivity (Wildman–Crippen MR) is 69.1 cm³/mol. The molecule has 2 saturated heterocycles. The van der Waals surface area contributed by atoms with Crippen molar-refractivity contribution in [1.82, 2.24) is 4.90 Å². The van der Waals surface area contributed by atoms with Gasteiger partial charge in [0.15, 0.2) is 0 Å². The second kappa shape index (κ2) is 4.60. The number of halogens is 1. The van der Waals surface area contributed by atoms with Crippen LogP contribution in [0.25, 0.3) is 0 Å². The van der Waals surface area contributed by atoms with Crippen molar-refractivity contribution in [3.63, 3.8) is 0 Å². The van der Waals surface area contributed by atoms with Crippen LogP contribution in [0.15, 0.2) is 24.3 Å². The number of carbonyl (C=O) groups excluding carboxylic acids is 1. The van der Waals surface area contributed by atoms with Crippen molar-refractivity contribution in [3.8, 4) is 0 Å². The van der Waals surface area contributed by atoms with Crippen molar-refractivity contribution in [2.45, 2.75) is 25.3 Å². The molecule has 1 atom stereocenters. The zero-order valence-corrected chi connectivity index (χ0v) is 11.1. The molecular weight excluding hydrogens is 245 g/mol. The Labute approximate surface area is 112 Å². The molecule has 0 aromatic heterocycles. The van der Waals surface area contributed by atoms with E-state index in [2.05, 4.69) is 0 Å². The Kier molecular flexibility index (Phi) is 3.05. The number of hydrogen-bond donors (Lipinski definition) is 0. The van der Waals surface area contributed by atoms with Gasteiger partial charge in [0.1, 0.15) is 5.82 Å². The fourth-order valence-electron chi connectivity index (χ4n) is 2.87. The lowest BCUT2D eigenvalue weighted by molar-refractivity contribution is -0.202. The standard InChI is InChI=1S/C15H18FNO2/c1-11(8-12-4-2-3-5-13(12)16)14(18)17-7-6-15(17)9-19-10-15/h2-5,11H,6-10H2,1H3. The van der Waals surface area contributed by atoms with Crippen molar-refractivity contribution in [2.75, 3.05) is 19.8 Å². The Bertz CT molecular complexity index is 493. The van der Waals surface area contributed by atoms with Gasteiger partial charge in [-0.1, -0.05) is 25.1 Å². The van der Waals surface area contributed by atoms with Crippen molar-refractivity contribution >= 4 is 5.91 Å². The topological polar surface area (TPSA) is 29.5 Å². The zero-order chi connectivity index (χ0) is 13.5. The van der Waals surface area contributed by atoms with E-state index in [4.69, 9.17) is 4.74 Å². The normalized spacial score (nSPS) is 21.7. The lowest BCUT2D eigenvalue weighted by Crippen LogP contribution is -2.72. The van der Waals surface area contributed by atoms with E-state index in [9.17, 15) is 9.18 Å². The van der Waals surface area contributed by atoms with E-state index in [1.165, 1.54) is 6.07 Å². The molecule has 4 heteroatoms. The summed E-state index contributed by atoms with van der Waals surface area (Å²) in [6, 6.07) is 6.66. The van der Waals surface area contributed by atoms with Gasteiger partial charge < -0.3 is 9.64 Å². The predicted octanol–water partition coefficient (Wildman–Crippen LogP) is 2.01. The quantitative estimate of drug-likeness (QED) is 0.835. The molecule has 0 bridgehead atoms. The summed E-state index contributed by atoms with van der Waals surface area (Å²) < 4.78 is 18.8. The van der Waals surface area contributed by atoms with Crippen LogP contribution in [0.1, 0.15) is 18.9 Å². The Morgan fingerprint density at radius 3 is 2.74 bits per heavy atom. The van der Waals surface area contributed by atoms with Crippen LogP contribution in [0.5, 0.6) is 0 Å². The lowest BCUT2D eigenvalue weighted by Gasteiger charge is -2.58. The first-order valence-electron chi connectivity index (χ1n) is 6.75. The number of amides is 1. The van der Waals surface area contributed by atoms with E-state index in [0.717, 1.165) is 13.0 Å². The molecule has 19 heavy (non-hydrogen) atoms. The van der Waals surface area contributed by atoms with Gasteiger partial charge in [-0.05, 0) is 24.5 Å². The SMILES string of the molecule is CC(Cc1ccccc1F)C(=O)N1CCC12COC2. The minimum atomic E-state index is -0.229. The fraction of sp³-hybridized carbons (Fsp3) is 0.533. The molecule has 0 N–H and O–H groups in total. The van der Waals surface area contributed by atoms with Gasteiger partial charge >= 0.3 is 0 Å². The first-order valence-corrected chi connectivity index (χ1v) is 6.75. The molecule has 0 aliphatic carbocycles. The number of benzene rings is 1. The smallest absolute Gasteiger partial charge is 0.226 e. The number of nitrogens with zero attached hydrogens (tertiary/aromatic N) is 1. The van der Waals surface area contributed by atoms with Crippen molar-refractivity contribution in [2.24, 2.45) is 5.92 Å². The molecule has 2 fully saturated rings. The minimum absolute atomic E-state index is 0.0272. The van der Waals surface area contributed by atoms with Gasteiger partial charge in [-0.25, -0.2) is 4.39 Å². The highest BCUT2D eigenvalue weighted by Crippen LogP contribution is 2.38. The second-order valence-electron chi connectivity index (χ2n) is 5.65. The molecule has 2 aliphatic rings. The molecule has 1 aromatic rings. The number of ether oxygens (including phenoxy) is 1. The number of rotatable bonds is 3. The summed E-state index contributed by atoms with van der Waals surface area (Å²) in [7, 11) is 0. The molecule has 3 rings (SSSR count). The van der Waals surface area contributed by atoms with Crippen LogP contribution in [0, 0.1) is 11.7 Å². The van der Waals surface area contributed by atoms with Gasteiger partial charge in [0, 0.05) is 12.5 Å². The van der Waals surface area contributed by atoms with Crippen LogP contribution in [0.3, 0.4) is 0 Å². The highest BCUT2D eigenvalue weighted by Gasteiger charge is 2.53. The average molecular weight is 263 g/mol. The summed E-state index contributed by atoms with van der Waals surface area (Å²) in [5.74, 6) is -0.292. The highest BCUT2D eigenvalue weighted by atomic mass is 19.1. The van der Waals surface area contributed by atoms with E-state index >= 15 is 0 Å². The first kappa shape index (κ1) is 12.6. The maximum Gasteiger partial charge on any atom is 0.226 e. The third-order valence-electron chi connectivity index (χ3n) is 4.29. The summed E-state index contributed by atoms with van der Waals surface area (Å²) in [4.78, 5) is 14.3. The molecule has 1 spiro atoms. The van der Waals surface area contributed by atoms with Gasteiger partial charge in [-0.2, -0.15) is 0 Å². The number of likely N-dealkylation sites (tertiary alicyclic amines) is 1. The van der Waals surface area contributed by atoms with Gasteiger partial charge in [0.05, 0.1) is 18.8 Å². The van der Waals surface area contributed by atoms with Gasteiger partial charge in [0.2, 0.25) is 5.91 Å². The Balaban J connectivity index is 1.66. The van der Waals surface area contributed by atoms with Gasteiger partial charge in [-0.15, -0.1) is 0 Å². The van der Waals surface area contributed by atoms with Crippen LogP contribution >= 0.6 is 0 Å². The molecule has 3 nitrogen and oxygen atoms in total. The minimum Gasteiger partial charge on any atom is -0.376 e. The number of carbonyl (C=O) groups is 1. The first-order chi connectivity index (χ1) is 9.12. The largest absolute Gasteiger partial charge is 0.376 e. The van der Waals surface area contributed by atoms with E-state index < -0.39 is 0 Å². The second-order valence-corrected chi connectivity index (χ2v) is 5.65. The Morgan fingerprint density at radius 1 is 1.47 bits per heavy atom. The molecule has 102 valence electrons. The molecule has 1 amide bonds. The summed E-state index contributed by atoms with van der Waals surface area (Å²) in [5, 5.41) is 0. The molecule has 1 aromatic carbocycles. The zero-order valence-electron chi connectivity index (χ0n) is 11.1. The van der Waals surface area contributed by atoms with E-state index in [1.54, 1.807) is 18.2 Å². The van der Waals surface area contributed by atoms with Gasteiger partial charge in [-0.3, -0.25) is 4.79 Å². The van der Waals surface area contributed by atoms with Crippen molar-refractivity contribution < 1.29 is 13.9 Å². The summed E-state index contributed by atoms with van der Waals surface area (Å²) >= 11 is 0. The third-order valence-corrected chi connectivity index (χ3v) is 4.29. The van der Waals surface area contributed by atoms with Crippen LogP contribution in [-0.2, 0) is 16.0 Å². The van der Waals surface area contributed by atoms with E-state index in [1.807, 2.05) is 11.8 Å². The van der Waals surface area contributed by atoms with Gasteiger partial charge in [0.25, 0.3) is 0 Å². The van der Waals surface area contributed by atoms with E-state index in [-0.39, 0.29) is 23.2 Å². The third kappa shape index (κ3) is 2.04. The molecule has 1 unspecified atom stereocenters. The van der Waals surface area contributed by atoms with E-state index in [0.29, 0.717) is 25.2 Å². The highest BCUT2D eigenvalue weighted by molar-refractivity contribution is 5.80. The maximum atomic E-state index is 13.6. The maximum absolute atomic E-state index is 13.6. The molecular formula is C15H18FNO2. The van der Waals surface area contributed by atoms with Crippen LogP contribution < -0.4 is 0 Å². The molecule has 2 aliphatic heterocycles. The van der Waals surface area contributed by atoms with Crippen LogP contribution in [0.2, 0.25) is 0 Å². The molecule has 0 saturated carbocycles. The summed E-state index contributed by atoms with van der Waals surface area (Å²) in [5.41, 5.74) is 0.586. The fourth-order valence-corrected chi connectivity index (χ4v) is 2.87. The molecule has 2 heterocycles. The Morgan fingerprint density at radius 2 is 2.21 bits per heavy atom. The summed E-state index contributed by atoms with van der Waals surface area (Å²) in [6.45, 7) is 4.00. The van der Waals surface area contributed by atoms with Crippen LogP contribution in [0.4, 0.5) is 4.39 Å². The van der Waals surface area contributed by atoms with Crippen LogP contribution in [-0.4, -0.2) is 36.1 Å². The Hall–Kier alpha value is -1.42. The van der Waals surface area contributed by atoms with Crippen molar-refractivity contribution in [1.29, 1.82) is 0 Å². The monoisotopic (exact) mass is 263 g/mol. The summed E-state index contributed by atoms with van der Waals surface area (Å²) in [6.07, 6.45) is 1.49. The van der Waals surface area contributed by atoms with Crippen molar-refractivity contribution in [3.05, 3.63) is 35.6 Å². The average Bonchev–Trinajstić information content (AvgIpc) is 2.28. The lowest BCUT2D eigenvalue weighted by atomic mass is 9.81. The molecule has 0 radical (unpaired) electrons.